The van der Waals surface area contributed by atoms with E-state index < -0.39 is 0 Å². The fourth-order valence-electron chi connectivity index (χ4n) is 3.46. The van der Waals surface area contributed by atoms with Gasteiger partial charge in [0.15, 0.2) is 0 Å². The number of benzene rings is 1. The molecule has 1 amide bonds. The van der Waals surface area contributed by atoms with Crippen LogP contribution in [-0.4, -0.2) is 60.6 Å². The first-order valence-corrected chi connectivity index (χ1v) is 10.7. The van der Waals surface area contributed by atoms with Gasteiger partial charge in [0, 0.05) is 44.2 Å². The van der Waals surface area contributed by atoms with Crippen LogP contribution in [0.2, 0.25) is 5.02 Å². The van der Waals surface area contributed by atoms with E-state index in [1.54, 1.807) is 43.0 Å². The molecule has 152 valence electrons. The van der Waals surface area contributed by atoms with E-state index in [2.05, 4.69) is 31.2 Å². The molecule has 1 aliphatic rings. The molecule has 7 nitrogen and oxygen atoms in total. The van der Waals surface area contributed by atoms with Gasteiger partial charge in [-0.05, 0) is 29.6 Å². The van der Waals surface area contributed by atoms with Crippen LogP contribution in [0.4, 0.5) is 11.5 Å². The average Bonchev–Trinajstić information content (AvgIpc) is 3.22. The van der Waals surface area contributed by atoms with Crippen molar-refractivity contribution in [3.05, 3.63) is 41.0 Å². The monoisotopic (exact) mass is 431 g/mol. The van der Waals surface area contributed by atoms with Gasteiger partial charge < -0.3 is 15.0 Å². The van der Waals surface area contributed by atoms with Gasteiger partial charge in [0.1, 0.15) is 22.7 Å². The molecular formula is C20H22ClN5O2S. The topological polar surface area (TPSA) is 70.6 Å². The molecule has 3 heterocycles. The summed E-state index contributed by atoms with van der Waals surface area (Å²) in [4.78, 5) is 26.8. The number of hydrogen-bond donors (Lipinski definition) is 1. The highest BCUT2D eigenvalue weighted by molar-refractivity contribution is 7.16. The Bertz CT molecular complexity index is 1000. The van der Waals surface area contributed by atoms with Gasteiger partial charge in [-0.25, -0.2) is 9.97 Å². The molecule has 0 saturated carbocycles. The van der Waals surface area contributed by atoms with Crippen LogP contribution < -0.4 is 15.0 Å². The van der Waals surface area contributed by atoms with E-state index >= 15 is 0 Å². The number of anilines is 2. The van der Waals surface area contributed by atoms with Gasteiger partial charge in [-0.2, -0.15) is 0 Å². The molecule has 1 fully saturated rings. The van der Waals surface area contributed by atoms with Crippen LogP contribution in [0.1, 0.15) is 6.42 Å². The van der Waals surface area contributed by atoms with Crippen molar-refractivity contribution in [3.63, 3.8) is 0 Å². The molecule has 0 radical (unpaired) electrons. The van der Waals surface area contributed by atoms with Crippen LogP contribution >= 0.6 is 22.9 Å². The summed E-state index contributed by atoms with van der Waals surface area (Å²) < 4.78 is 5.28. The molecule has 3 aromatic rings. The van der Waals surface area contributed by atoms with E-state index in [0.29, 0.717) is 29.4 Å². The molecule has 1 aliphatic heterocycles. The average molecular weight is 432 g/mol. The summed E-state index contributed by atoms with van der Waals surface area (Å²) in [6, 6.07) is 7.26. The number of nitrogens with one attached hydrogen (secondary N) is 1. The first-order valence-electron chi connectivity index (χ1n) is 9.43. The van der Waals surface area contributed by atoms with Crippen LogP contribution in [0.3, 0.4) is 0 Å². The highest BCUT2D eigenvalue weighted by Crippen LogP contribution is 2.28. The van der Waals surface area contributed by atoms with E-state index in [1.165, 1.54) is 0 Å². The number of carbonyl (C=O) groups excluding carboxylic acids is 1. The fraction of sp³-hybridized carbons (Fsp3) is 0.350. The van der Waals surface area contributed by atoms with Crippen LogP contribution in [-0.2, 0) is 4.79 Å². The van der Waals surface area contributed by atoms with Gasteiger partial charge in [0.05, 0.1) is 18.2 Å². The van der Waals surface area contributed by atoms with Crippen molar-refractivity contribution < 1.29 is 9.53 Å². The van der Waals surface area contributed by atoms with Gasteiger partial charge in [-0.1, -0.05) is 11.6 Å². The number of halogens is 1. The van der Waals surface area contributed by atoms with Crippen molar-refractivity contribution in [2.75, 3.05) is 50.1 Å². The second kappa shape index (κ2) is 8.94. The number of aromatic nitrogens is 2. The molecule has 1 N–H and O–H groups in total. The number of piperazine rings is 1. The Morgan fingerprint density at radius 1 is 1.24 bits per heavy atom. The Kier molecular flexibility index (Phi) is 6.13. The summed E-state index contributed by atoms with van der Waals surface area (Å²) in [6.07, 6.45) is 2.05. The zero-order chi connectivity index (χ0) is 20.2. The SMILES string of the molecule is COc1ccc(Cl)cc1NC(=O)CCN1CCN(c2ncnc3sccc23)CC1. The van der Waals surface area contributed by atoms with Gasteiger partial charge in [0.2, 0.25) is 5.91 Å². The molecule has 0 atom stereocenters. The molecule has 2 aromatic heterocycles. The van der Waals surface area contributed by atoms with Gasteiger partial charge in [0.25, 0.3) is 0 Å². The lowest BCUT2D eigenvalue weighted by molar-refractivity contribution is -0.116. The van der Waals surface area contributed by atoms with E-state index in [0.717, 1.165) is 42.2 Å². The third-order valence-corrected chi connectivity index (χ3v) is 6.06. The number of nitrogens with zero attached hydrogens (tertiary/aromatic N) is 4. The molecule has 29 heavy (non-hydrogen) atoms. The van der Waals surface area contributed by atoms with Gasteiger partial charge in [-0.15, -0.1) is 11.3 Å². The van der Waals surface area contributed by atoms with Crippen molar-refractivity contribution in [1.82, 2.24) is 14.9 Å². The van der Waals surface area contributed by atoms with Crippen LogP contribution in [0.25, 0.3) is 10.2 Å². The van der Waals surface area contributed by atoms with E-state index in [1.807, 2.05) is 5.38 Å². The largest absolute Gasteiger partial charge is 0.495 e. The summed E-state index contributed by atoms with van der Waals surface area (Å²) in [5.74, 6) is 1.55. The fourth-order valence-corrected chi connectivity index (χ4v) is 4.36. The molecule has 1 aromatic carbocycles. The molecule has 0 bridgehead atoms. The minimum absolute atomic E-state index is 0.0521. The number of amides is 1. The predicted molar refractivity (Wildman–Crippen MR) is 117 cm³/mol. The first kappa shape index (κ1) is 19.9. The van der Waals surface area contributed by atoms with Gasteiger partial charge >= 0.3 is 0 Å². The maximum Gasteiger partial charge on any atom is 0.225 e. The Balaban J connectivity index is 1.29. The smallest absolute Gasteiger partial charge is 0.225 e. The van der Waals surface area contributed by atoms with Crippen LogP contribution in [0.15, 0.2) is 36.0 Å². The summed E-state index contributed by atoms with van der Waals surface area (Å²) in [6.45, 7) is 4.25. The second-order valence-electron chi connectivity index (χ2n) is 6.81. The van der Waals surface area contributed by atoms with E-state index in [9.17, 15) is 4.79 Å². The van der Waals surface area contributed by atoms with Crippen LogP contribution in [0, 0.1) is 0 Å². The number of ether oxygens (including phenoxy) is 1. The quantitative estimate of drug-likeness (QED) is 0.644. The van der Waals surface area contributed by atoms with Crippen molar-refractivity contribution in [1.29, 1.82) is 0 Å². The van der Waals surface area contributed by atoms with Gasteiger partial charge in [-0.3, -0.25) is 9.69 Å². The maximum absolute atomic E-state index is 12.4. The zero-order valence-electron chi connectivity index (χ0n) is 16.1. The molecule has 0 aliphatic carbocycles. The number of hydrogen-bond acceptors (Lipinski definition) is 7. The predicted octanol–water partition coefficient (Wildman–Crippen LogP) is 3.50. The normalized spacial score (nSPS) is 14.9. The number of methoxy groups -OCH3 is 1. The summed E-state index contributed by atoms with van der Waals surface area (Å²) >= 11 is 7.65. The van der Waals surface area contributed by atoms with Crippen molar-refractivity contribution >= 4 is 50.6 Å². The molecule has 9 heteroatoms. The van der Waals surface area contributed by atoms with Crippen molar-refractivity contribution in [2.24, 2.45) is 0 Å². The highest BCUT2D eigenvalue weighted by atomic mass is 35.5. The number of thiophene rings is 1. The van der Waals surface area contributed by atoms with E-state index in [-0.39, 0.29) is 5.91 Å². The van der Waals surface area contributed by atoms with Crippen molar-refractivity contribution in [3.8, 4) is 5.75 Å². The standard InChI is InChI=1S/C20H22ClN5O2S/c1-28-17-3-2-14(21)12-16(17)24-18(27)4-6-25-7-9-26(10-8-25)19-15-5-11-29-20(15)23-13-22-19/h2-3,5,11-13H,4,6-10H2,1H3,(H,24,27). The molecule has 1 saturated heterocycles. The molecular weight excluding hydrogens is 410 g/mol. The summed E-state index contributed by atoms with van der Waals surface area (Å²) in [5.41, 5.74) is 0.596. The Labute approximate surface area is 178 Å². The minimum atomic E-state index is -0.0521. The second-order valence-corrected chi connectivity index (χ2v) is 8.14. The van der Waals surface area contributed by atoms with Crippen molar-refractivity contribution in [2.45, 2.75) is 6.42 Å². The Morgan fingerprint density at radius 2 is 2.07 bits per heavy atom. The lowest BCUT2D eigenvalue weighted by Crippen LogP contribution is -2.47. The van der Waals surface area contributed by atoms with Crippen LogP contribution in [0.5, 0.6) is 5.75 Å². The Hall–Kier alpha value is -2.42. The molecule has 0 spiro atoms. The lowest BCUT2D eigenvalue weighted by Gasteiger charge is -2.35. The molecule has 4 rings (SSSR count). The highest BCUT2D eigenvalue weighted by Gasteiger charge is 2.20. The zero-order valence-corrected chi connectivity index (χ0v) is 17.7. The third-order valence-electron chi connectivity index (χ3n) is 5.00. The number of fused-ring (bicyclic) bond motifs is 1. The summed E-state index contributed by atoms with van der Waals surface area (Å²) in [5, 5.41) is 6.61. The number of rotatable bonds is 6. The summed E-state index contributed by atoms with van der Waals surface area (Å²) in [7, 11) is 1.57. The molecule has 0 unspecified atom stereocenters. The minimum Gasteiger partial charge on any atom is -0.495 e. The maximum atomic E-state index is 12.4. The number of carbonyl (C=O) groups is 1. The lowest BCUT2D eigenvalue weighted by atomic mass is 10.2. The van der Waals surface area contributed by atoms with E-state index in [4.69, 9.17) is 16.3 Å². The Morgan fingerprint density at radius 3 is 2.86 bits per heavy atom. The first-order chi connectivity index (χ1) is 14.1. The third kappa shape index (κ3) is 4.60.